The Morgan fingerprint density at radius 1 is 1.13 bits per heavy atom. The molecule has 0 saturated carbocycles. The maximum absolute atomic E-state index is 11.8. The van der Waals surface area contributed by atoms with E-state index in [9.17, 15) is 4.79 Å². The van der Waals surface area contributed by atoms with Gasteiger partial charge in [-0.05, 0) is 54.5 Å². The molecule has 3 heterocycles. The van der Waals surface area contributed by atoms with Crippen LogP contribution in [0.4, 0.5) is 5.69 Å². The third kappa shape index (κ3) is 2.81. The highest BCUT2D eigenvalue weighted by Gasteiger charge is 2.25. The molecule has 1 fully saturated rings. The first-order valence-electron chi connectivity index (χ1n) is 8.42. The van der Waals surface area contributed by atoms with Gasteiger partial charge in [0, 0.05) is 42.7 Å². The Hall–Kier alpha value is -1.65. The third-order valence-corrected chi connectivity index (χ3v) is 6.11. The maximum Gasteiger partial charge on any atom is 0.227 e. The summed E-state index contributed by atoms with van der Waals surface area (Å²) in [4.78, 5) is 17.8. The summed E-state index contributed by atoms with van der Waals surface area (Å²) >= 11 is 1.89. The molecule has 0 aliphatic carbocycles. The van der Waals surface area contributed by atoms with Crippen molar-refractivity contribution in [2.45, 2.75) is 38.8 Å². The molecule has 0 bridgehead atoms. The van der Waals surface area contributed by atoms with Crippen LogP contribution in [0.15, 0.2) is 35.7 Å². The lowest BCUT2D eigenvalue weighted by Crippen LogP contribution is -2.32. The van der Waals surface area contributed by atoms with Gasteiger partial charge in [-0.3, -0.25) is 9.69 Å². The highest BCUT2D eigenvalue weighted by atomic mass is 32.1. The van der Waals surface area contributed by atoms with Crippen molar-refractivity contribution in [1.29, 1.82) is 0 Å². The Labute approximate surface area is 141 Å². The molecule has 2 aliphatic rings. The highest BCUT2D eigenvalue weighted by Crippen LogP contribution is 2.33. The molecule has 1 aromatic carbocycles. The fourth-order valence-corrected chi connectivity index (χ4v) is 4.68. The predicted molar refractivity (Wildman–Crippen MR) is 94.9 cm³/mol. The number of benzene rings is 1. The van der Waals surface area contributed by atoms with E-state index in [1.54, 1.807) is 4.88 Å². The van der Waals surface area contributed by atoms with Crippen molar-refractivity contribution in [3.8, 4) is 0 Å². The van der Waals surface area contributed by atoms with E-state index in [1.807, 2.05) is 16.2 Å². The monoisotopic (exact) mass is 326 g/mol. The van der Waals surface area contributed by atoms with Crippen LogP contribution in [0.5, 0.6) is 0 Å². The van der Waals surface area contributed by atoms with Crippen molar-refractivity contribution >= 4 is 22.9 Å². The second kappa shape index (κ2) is 6.10. The SMILES string of the molecule is C[C@H]1c2ccsc2CCN1Cc1ccc(N2CCCC2=O)cc1. The molecule has 23 heavy (non-hydrogen) atoms. The Morgan fingerprint density at radius 2 is 1.96 bits per heavy atom. The van der Waals surface area contributed by atoms with Gasteiger partial charge in [0.05, 0.1) is 0 Å². The molecule has 1 atom stereocenters. The van der Waals surface area contributed by atoms with Gasteiger partial charge in [-0.2, -0.15) is 0 Å². The van der Waals surface area contributed by atoms with Crippen molar-refractivity contribution in [2.24, 2.45) is 0 Å². The highest BCUT2D eigenvalue weighted by molar-refractivity contribution is 7.10. The summed E-state index contributed by atoms with van der Waals surface area (Å²) in [7, 11) is 0. The fraction of sp³-hybridized carbons (Fsp3) is 0.421. The van der Waals surface area contributed by atoms with Gasteiger partial charge >= 0.3 is 0 Å². The van der Waals surface area contributed by atoms with Gasteiger partial charge in [0.1, 0.15) is 0 Å². The van der Waals surface area contributed by atoms with Crippen LogP contribution >= 0.6 is 11.3 Å². The molecular formula is C19H22N2OS. The van der Waals surface area contributed by atoms with E-state index in [2.05, 4.69) is 47.5 Å². The van der Waals surface area contributed by atoms with Crippen LogP contribution < -0.4 is 4.90 Å². The molecule has 0 spiro atoms. The summed E-state index contributed by atoms with van der Waals surface area (Å²) < 4.78 is 0. The minimum Gasteiger partial charge on any atom is -0.312 e. The average Bonchev–Trinajstić information content (AvgIpc) is 3.20. The van der Waals surface area contributed by atoms with Gasteiger partial charge in [-0.1, -0.05) is 12.1 Å². The Morgan fingerprint density at radius 3 is 2.70 bits per heavy atom. The smallest absolute Gasteiger partial charge is 0.227 e. The first-order chi connectivity index (χ1) is 11.2. The first-order valence-corrected chi connectivity index (χ1v) is 9.30. The van der Waals surface area contributed by atoms with Gasteiger partial charge in [-0.15, -0.1) is 11.3 Å². The van der Waals surface area contributed by atoms with Crippen LogP contribution in [-0.4, -0.2) is 23.9 Å². The number of fused-ring (bicyclic) bond motifs is 1. The molecule has 4 rings (SSSR count). The van der Waals surface area contributed by atoms with Crippen molar-refractivity contribution in [2.75, 3.05) is 18.0 Å². The van der Waals surface area contributed by atoms with Crippen molar-refractivity contribution in [1.82, 2.24) is 4.90 Å². The van der Waals surface area contributed by atoms with Crippen molar-refractivity contribution in [3.05, 3.63) is 51.7 Å². The van der Waals surface area contributed by atoms with Crippen LogP contribution in [0.3, 0.4) is 0 Å². The average molecular weight is 326 g/mol. The van der Waals surface area contributed by atoms with Crippen LogP contribution in [0.25, 0.3) is 0 Å². The van der Waals surface area contributed by atoms with E-state index in [-0.39, 0.29) is 5.91 Å². The number of thiophene rings is 1. The maximum atomic E-state index is 11.8. The summed E-state index contributed by atoms with van der Waals surface area (Å²) in [5, 5.41) is 2.21. The van der Waals surface area contributed by atoms with E-state index in [1.165, 1.54) is 11.1 Å². The summed E-state index contributed by atoms with van der Waals surface area (Å²) in [5.41, 5.74) is 3.87. The lowest BCUT2D eigenvalue weighted by molar-refractivity contribution is -0.117. The summed E-state index contributed by atoms with van der Waals surface area (Å²) in [6.07, 6.45) is 2.84. The van der Waals surface area contributed by atoms with Crippen LogP contribution in [0.2, 0.25) is 0 Å². The summed E-state index contributed by atoms with van der Waals surface area (Å²) in [6.45, 7) is 5.27. The number of nitrogens with zero attached hydrogens (tertiary/aromatic N) is 2. The first kappa shape index (κ1) is 14.9. The van der Waals surface area contributed by atoms with E-state index < -0.39 is 0 Å². The molecule has 1 amide bonds. The third-order valence-electron chi connectivity index (χ3n) is 5.11. The van der Waals surface area contributed by atoms with Crippen LogP contribution in [0, 0.1) is 0 Å². The molecule has 0 N–H and O–H groups in total. The van der Waals surface area contributed by atoms with Crippen molar-refractivity contribution < 1.29 is 4.79 Å². The number of anilines is 1. The number of carbonyl (C=O) groups is 1. The minimum atomic E-state index is 0.257. The molecule has 1 aromatic heterocycles. The molecule has 0 radical (unpaired) electrons. The Bertz CT molecular complexity index is 706. The van der Waals surface area contributed by atoms with Gasteiger partial charge in [0.25, 0.3) is 0 Å². The van der Waals surface area contributed by atoms with E-state index in [4.69, 9.17) is 0 Å². The lowest BCUT2D eigenvalue weighted by Gasteiger charge is -2.33. The Kier molecular flexibility index (Phi) is 3.95. The van der Waals surface area contributed by atoms with Crippen LogP contribution in [0.1, 0.15) is 41.8 Å². The van der Waals surface area contributed by atoms with Crippen LogP contribution in [-0.2, 0) is 17.8 Å². The summed E-state index contributed by atoms with van der Waals surface area (Å²) in [5.74, 6) is 0.257. The topological polar surface area (TPSA) is 23.6 Å². The zero-order valence-corrected chi connectivity index (χ0v) is 14.3. The molecule has 1 saturated heterocycles. The minimum absolute atomic E-state index is 0.257. The molecule has 3 nitrogen and oxygen atoms in total. The van der Waals surface area contributed by atoms with Gasteiger partial charge in [-0.25, -0.2) is 0 Å². The lowest BCUT2D eigenvalue weighted by atomic mass is 10.0. The van der Waals surface area contributed by atoms with Gasteiger partial charge in [0.15, 0.2) is 0 Å². The second-order valence-corrected chi connectivity index (χ2v) is 7.51. The second-order valence-electron chi connectivity index (χ2n) is 6.51. The predicted octanol–water partition coefficient (Wildman–Crippen LogP) is 3.99. The molecule has 2 aliphatic heterocycles. The Balaban J connectivity index is 1.46. The van der Waals surface area contributed by atoms with E-state index in [0.29, 0.717) is 12.5 Å². The normalized spacial score (nSPS) is 21.7. The number of amides is 1. The molecule has 0 unspecified atom stereocenters. The number of carbonyl (C=O) groups excluding carboxylic acids is 1. The zero-order chi connectivity index (χ0) is 15.8. The summed E-state index contributed by atoms with van der Waals surface area (Å²) in [6, 6.07) is 11.3. The quantitative estimate of drug-likeness (QED) is 0.851. The number of hydrogen-bond acceptors (Lipinski definition) is 3. The molecule has 120 valence electrons. The largest absolute Gasteiger partial charge is 0.312 e. The van der Waals surface area contributed by atoms with E-state index in [0.717, 1.165) is 38.2 Å². The fourth-order valence-electron chi connectivity index (χ4n) is 3.71. The molecular weight excluding hydrogens is 304 g/mol. The molecule has 4 heteroatoms. The zero-order valence-electron chi connectivity index (χ0n) is 13.5. The standard InChI is InChI=1S/C19H22N2OS/c1-14-17-9-12-23-18(17)8-11-20(14)13-15-4-6-16(7-5-15)21-10-2-3-19(21)22/h4-7,9,12,14H,2-3,8,10-11,13H2,1H3/t14-/m0/s1. The van der Waals surface area contributed by atoms with E-state index >= 15 is 0 Å². The number of hydrogen-bond donors (Lipinski definition) is 0. The number of rotatable bonds is 3. The van der Waals surface area contributed by atoms with Gasteiger partial charge in [0.2, 0.25) is 5.91 Å². The molecule has 2 aromatic rings. The van der Waals surface area contributed by atoms with Gasteiger partial charge < -0.3 is 4.90 Å². The van der Waals surface area contributed by atoms with Crippen molar-refractivity contribution in [3.63, 3.8) is 0 Å².